The van der Waals surface area contributed by atoms with Crippen LogP contribution in [0.2, 0.25) is 0 Å². The van der Waals surface area contributed by atoms with Crippen LogP contribution in [0.3, 0.4) is 0 Å². The quantitative estimate of drug-likeness (QED) is 0.811. The average Bonchev–Trinajstić information content (AvgIpc) is 3.01. The second-order valence-electron chi connectivity index (χ2n) is 5.29. The molecule has 2 rings (SSSR count). The van der Waals surface area contributed by atoms with Crippen molar-refractivity contribution in [1.82, 2.24) is 9.88 Å². The zero-order valence-electron chi connectivity index (χ0n) is 12.2. The lowest BCUT2D eigenvalue weighted by molar-refractivity contribution is 0.0824. The molecule has 1 saturated heterocycles. The lowest BCUT2D eigenvalue weighted by atomic mass is 10.00. The monoisotopic (exact) mass is 315 g/mol. The van der Waals surface area contributed by atoms with Crippen molar-refractivity contribution in [1.29, 1.82) is 0 Å². The van der Waals surface area contributed by atoms with Crippen LogP contribution in [0, 0.1) is 5.92 Å². The first-order valence-corrected chi connectivity index (χ1v) is 8.46. The van der Waals surface area contributed by atoms with Gasteiger partial charge in [0.25, 0.3) is 5.91 Å². The third-order valence-corrected chi connectivity index (χ3v) is 4.69. The molecule has 1 aromatic rings. The van der Waals surface area contributed by atoms with E-state index in [1.807, 2.05) is 0 Å². The highest BCUT2D eigenvalue weighted by molar-refractivity contribution is 7.89. The maximum Gasteiger partial charge on any atom is 0.267 e. The Balaban J connectivity index is 2.02. The second kappa shape index (κ2) is 6.17. The van der Waals surface area contributed by atoms with Crippen LogP contribution in [0.5, 0.6) is 0 Å². The number of primary sulfonamides is 1. The zero-order chi connectivity index (χ0) is 15.6. The first-order valence-electron chi connectivity index (χ1n) is 6.92. The largest absolute Gasteiger partial charge is 0.378 e. The van der Waals surface area contributed by atoms with Crippen LogP contribution < -0.4 is 10.5 Å². The summed E-state index contributed by atoms with van der Waals surface area (Å²) in [4.78, 5) is 12.1. The van der Waals surface area contributed by atoms with Gasteiger partial charge in [-0.2, -0.15) is 0 Å². The number of carbonyl (C=O) groups excluding carboxylic acids is 1. The Labute approximate surface area is 124 Å². The molecule has 8 heteroatoms. The minimum Gasteiger partial charge on any atom is -0.378 e. The number of nitrogens with two attached hydrogens (primary N) is 1. The molecular weight excluding hydrogens is 294 g/mol. The number of nitrogens with one attached hydrogen (secondary N) is 1. The fourth-order valence-electron chi connectivity index (χ4n) is 2.61. The van der Waals surface area contributed by atoms with Gasteiger partial charge in [0.2, 0.25) is 10.0 Å². The number of sulfonamides is 1. The summed E-state index contributed by atoms with van der Waals surface area (Å²) in [6.07, 6.45) is 3.35. The van der Waals surface area contributed by atoms with E-state index in [9.17, 15) is 13.2 Å². The molecule has 7 nitrogen and oxygen atoms in total. The van der Waals surface area contributed by atoms with Gasteiger partial charge in [-0.25, -0.2) is 13.6 Å². The van der Waals surface area contributed by atoms with Gasteiger partial charge in [-0.15, -0.1) is 0 Å². The molecule has 0 aromatic carbocycles. The summed E-state index contributed by atoms with van der Waals surface area (Å²) in [5.74, 6) is -0.00826. The fourth-order valence-corrected chi connectivity index (χ4v) is 3.19. The predicted octanol–water partition coefficient (Wildman–Crippen LogP) is 0.217. The molecule has 0 saturated carbocycles. The van der Waals surface area contributed by atoms with Gasteiger partial charge in [-0.1, -0.05) is 6.92 Å². The highest BCUT2D eigenvalue weighted by Crippen LogP contribution is 2.22. The van der Waals surface area contributed by atoms with Gasteiger partial charge in [0.05, 0.1) is 6.10 Å². The molecule has 1 amide bonds. The molecule has 0 radical (unpaired) electrons. The number of aryl methyl sites for hydroxylation is 1. The average molecular weight is 315 g/mol. The van der Waals surface area contributed by atoms with Gasteiger partial charge in [0.1, 0.15) is 10.6 Å². The Hall–Kier alpha value is -1.38. The minimum absolute atomic E-state index is 0.0641. The highest BCUT2D eigenvalue weighted by Gasteiger charge is 2.27. The topological polar surface area (TPSA) is 103 Å². The summed E-state index contributed by atoms with van der Waals surface area (Å²) in [5.41, 5.74) is 0.269. The summed E-state index contributed by atoms with van der Waals surface area (Å²) >= 11 is 0. The third kappa shape index (κ3) is 3.63. The highest BCUT2D eigenvalue weighted by atomic mass is 32.2. The van der Waals surface area contributed by atoms with Crippen LogP contribution in [0.15, 0.2) is 17.2 Å². The van der Waals surface area contributed by atoms with E-state index in [1.165, 1.54) is 16.8 Å². The lowest BCUT2D eigenvalue weighted by Crippen LogP contribution is -2.33. The third-order valence-electron chi connectivity index (χ3n) is 3.81. The van der Waals surface area contributed by atoms with Crippen LogP contribution >= 0.6 is 0 Å². The zero-order valence-corrected chi connectivity index (χ0v) is 13.0. The van der Waals surface area contributed by atoms with E-state index in [2.05, 4.69) is 12.2 Å². The lowest BCUT2D eigenvalue weighted by Gasteiger charge is -2.17. The molecule has 0 bridgehead atoms. The predicted molar refractivity (Wildman–Crippen MR) is 77.3 cm³/mol. The van der Waals surface area contributed by atoms with E-state index >= 15 is 0 Å². The number of rotatable bonds is 5. The molecule has 21 heavy (non-hydrogen) atoms. The Morgan fingerprint density at radius 3 is 2.86 bits per heavy atom. The molecule has 2 atom stereocenters. The van der Waals surface area contributed by atoms with Crippen LogP contribution in [0.4, 0.5) is 0 Å². The van der Waals surface area contributed by atoms with Gasteiger partial charge in [-0.05, 0) is 18.9 Å². The van der Waals surface area contributed by atoms with E-state index in [4.69, 9.17) is 9.88 Å². The number of amides is 1. The van der Waals surface area contributed by atoms with Crippen molar-refractivity contribution >= 4 is 15.9 Å². The first-order chi connectivity index (χ1) is 9.82. The molecule has 2 heterocycles. The van der Waals surface area contributed by atoms with E-state index in [0.29, 0.717) is 12.5 Å². The van der Waals surface area contributed by atoms with E-state index < -0.39 is 10.0 Å². The Kier molecular flexibility index (Phi) is 4.70. The summed E-state index contributed by atoms with van der Waals surface area (Å²) in [6, 6.07) is 1.28. The maximum atomic E-state index is 12.1. The van der Waals surface area contributed by atoms with Crippen LogP contribution in [-0.2, 0) is 21.8 Å². The number of ether oxygens (including phenoxy) is 1. The standard InChI is InChI=1S/C13H21N3O4S/c1-3-12-9(4-5-20-12)7-15-13(17)11-6-10(8-16(11)2)21(14,18)19/h6,8-9,12H,3-5,7H2,1-2H3,(H,15,17)(H2,14,18,19). The molecule has 3 N–H and O–H groups in total. The van der Waals surface area contributed by atoms with E-state index in [1.54, 1.807) is 7.05 Å². The fraction of sp³-hybridized carbons (Fsp3) is 0.615. The van der Waals surface area contributed by atoms with Gasteiger partial charge >= 0.3 is 0 Å². The summed E-state index contributed by atoms with van der Waals surface area (Å²) in [6.45, 7) is 3.30. The van der Waals surface area contributed by atoms with Gasteiger partial charge in [-0.3, -0.25) is 4.79 Å². The van der Waals surface area contributed by atoms with E-state index in [-0.39, 0.29) is 22.6 Å². The summed E-state index contributed by atoms with van der Waals surface area (Å²) in [7, 11) is -2.19. The molecule has 118 valence electrons. The van der Waals surface area contributed by atoms with Crippen LogP contribution in [0.25, 0.3) is 0 Å². The molecule has 1 aliphatic heterocycles. The molecular formula is C13H21N3O4S. The van der Waals surface area contributed by atoms with Crippen molar-refractivity contribution in [3.63, 3.8) is 0 Å². The van der Waals surface area contributed by atoms with Crippen molar-refractivity contribution in [3.05, 3.63) is 18.0 Å². The summed E-state index contributed by atoms with van der Waals surface area (Å²) < 4.78 is 29.6. The van der Waals surface area contributed by atoms with Crippen LogP contribution in [-0.4, -0.2) is 38.1 Å². The molecule has 1 aromatic heterocycles. The van der Waals surface area contributed by atoms with Gasteiger partial charge in [0, 0.05) is 32.3 Å². The van der Waals surface area contributed by atoms with Crippen molar-refractivity contribution in [2.75, 3.05) is 13.2 Å². The normalized spacial score (nSPS) is 22.4. The van der Waals surface area contributed by atoms with Gasteiger partial charge in [0.15, 0.2) is 0 Å². The van der Waals surface area contributed by atoms with Crippen molar-refractivity contribution in [3.8, 4) is 0 Å². The number of hydrogen-bond donors (Lipinski definition) is 2. The molecule has 2 unspecified atom stereocenters. The van der Waals surface area contributed by atoms with Crippen LogP contribution in [0.1, 0.15) is 30.3 Å². The van der Waals surface area contributed by atoms with Crippen molar-refractivity contribution in [2.24, 2.45) is 18.1 Å². The summed E-state index contributed by atoms with van der Waals surface area (Å²) in [5, 5.41) is 7.89. The smallest absolute Gasteiger partial charge is 0.267 e. The van der Waals surface area contributed by atoms with E-state index in [0.717, 1.165) is 19.4 Å². The first kappa shape index (κ1) is 16.0. The van der Waals surface area contributed by atoms with Gasteiger partial charge < -0.3 is 14.6 Å². The Morgan fingerprint density at radius 2 is 2.29 bits per heavy atom. The SMILES string of the molecule is CCC1OCCC1CNC(=O)c1cc(S(N)(=O)=O)cn1C. The number of nitrogens with zero attached hydrogens (tertiary/aromatic N) is 1. The number of aromatic nitrogens is 1. The minimum atomic E-state index is -3.80. The molecule has 1 fully saturated rings. The van der Waals surface area contributed by atoms with Crippen molar-refractivity contribution < 1.29 is 17.9 Å². The Bertz CT molecular complexity index is 623. The number of carbonyl (C=O) groups is 1. The second-order valence-corrected chi connectivity index (χ2v) is 6.85. The van der Waals surface area contributed by atoms with Crippen molar-refractivity contribution in [2.45, 2.75) is 30.8 Å². The molecule has 0 aliphatic carbocycles. The number of hydrogen-bond acceptors (Lipinski definition) is 4. The Morgan fingerprint density at radius 1 is 1.57 bits per heavy atom. The molecule has 0 spiro atoms. The molecule has 1 aliphatic rings. The maximum absolute atomic E-state index is 12.1.